The van der Waals surface area contributed by atoms with Gasteiger partial charge in [-0.1, -0.05) is 35.9 Å². The fourth-order valence-corrected chi connectivity index (χ4v) is 3.96. The van der Waals surface area contributed by atoms with Crippen LogP contribution < -0.4 is 4.74 Å². The number of hydrogen-bond acceptors (Lipinski definition) is 2. The molecule has 1 aliphatic rings. The molecule has 0 saturated heterocycles. The molecule has 1 aliphatic carbocycles. The number of rotatable bonds is 5. The van der Waals surface area contributed by atoms with E-state index < -0.39 is 11.4 Å². The van der Waals surface area contributed by atoms with Crippen LogP contribution in [0.5, 0.6) is 5.75 Å². The summed E-state index contributed by atoms with van der Waals surface area (Å²) in [6.45, 7) is 0. The fourth-order valence-electron chi connectivity index (χ4n) is 3.39. The van der Waals surface area contributed by atoms with Crippen molar-refractivity contribution in [3.63, 3.8) is 0 Å². The summed E-state index contributed by atoms with van der Waals surface area (Å²) in [5.74, 6) is -0.392. The predicted molar refractivity (Wildman–Crippen MR) is 90.7 cm³/mol. The summed E-state index contributed by atoms with van der Waals surface area (Å²) in [5, 5.41) is 10.4. The largest absolute Gasteiger partial charge is 0.497 e. The van der Waals surface area contributed by atoms with Crippen LogP contribution in [0, 0.1) is 5.41 Å². The summed E-state index contributed by atoms with van der Waals surface area (Å²) in [7, 11) is 1.60. The van der Waals surface area contributed by atoms with Crippen molar-refractivity contribution in [2.24, 2.45) is 5.41 Å². The van der Waals surface area contributed by atoms with Gasteiger partial charge >= 0.3 is 5.97 Å². The molecule has 3 rings (SSSR count). The minimum atomic E-state index is -0.982. The summed E-state index contributed by atoms with van der Waals surface area (Å²) in [4.78, 5) is 11.9. The number of alkyl halides is 1. The molecule has 1 fully saturated rings. The zero-order chi connectivity index (χ0) is 16.6. The second-order valence-electron chi connectivity index (χ2n) is 5.76. The lowest BCUT2D eigenvalue weighted by Crippen LogP contribution is -2.20. The molecule has 3 nitrogen and oxygen atoms in total. The van der Waals surface area contributed by atoms with Crippen LogP contribution in [0.15, 0.2) is 48.5 Å². The first-order valence-electron chi connectivity index (χ1n) is 7.23. The maximum absolute atomic E-state index is 11.9. The monoisotopic (exact) mass is 350 g/mol. The second kappa shape index (κ2) is 6.06. The van der Waals surface area contributed by atoms with Gasteiger partial charge in [0.05, 0.1) is 12.5 Å². The van der Waals surface area contributed by atoms with Crippen molar-refractivity contribution >= 4 is 29.2 Å². The minimum absolute atomic E-state index is 0.0618. The molecule has 0 aliphatic heterocycles. The highest BCUT2D eigenvalue weighted by Gasteiger charge is 2.70. The number of benzene rings is 2. The van der Waals surface area contributed by atoms with Crippen molar-refractivity contribution in [2.75, 3.05) is 13.0 Å². The predicted octanol–water partition coefficient (Wildman–Crippen LogP) is 4.54. The fraction of sp³-hybridized carbons (Fsp3) is 0.278. The Morgan fingerprint density at radius 2 is 1.57 bits per heavy atom. The Balaban J connectivity index is 2.01. The summed E-state index contributed by atoms with van der Waals surface area (Å²) in [6, 6.07) is 14.8. The highest BCUT2D eigenvalue weighted by atomic mass is 35.5. The Labute approximate surface area is 144 Å². The Bertz CT molecular complexity index is 712. The third-order valence-corrected chi connectivity index (χ3v) is 5.35. The standard InChI is InChI=1S/C18H16Cl2O3/c1-23-14-8-4-12(5-9-14)16-15(18(16,10-19)17(21)22)11-2-6-13(20)7-3-11/h2-9,15-16H,10H2,1H3,(H,21,22)/t15-,16-,18+/m0/s1. The number of methoxy groups -OCH3 is 1. The molecular formula is C18H16Cl2O3. The molecule has 0 radical (unpaired) electrons. The van der Waals surface area contributed by atoms with Crippen LogP contribution in [0.3, 0.4) is 0 Å². The molecule has 0 unspecified atom stereocenters. The highest BCUT2D eigenvalue weighted by Crippen LogP contribution is 2.71. The maximum Gasteiger partial charge on any atom is 0.312 e. The van der Waals surface area contributed by atoms with Gasteiger partial charge in [0.2, 0.25) is 0 Å². The molecule has 0 heterocycles. The van der Waals surface area contributed by atoms with Crippen LogP contribution in [0.25, 0.3) is 0 Å². The quantitative estimate of drug-likeness (QED) is 0.805. The van der Waals surface area contributed by atoms with E-state index >= 15 is 0 Å². The van der Waals surface area contributed by atoms with E-state index in [0.717, 1.165) is 16.9 Å². The Kier molecular flexibility index (Phi) is 4.26. The molecule has 3 atom stereocenters. The number of hydrogen-bond donors (Lipinski definition) is 1. The summed E-state index contributed by atoms with van der Waals surface area (Å²) < 4.78 is 5.16. The van der Waals surface area contributed by atoms with Gasteiger partial charge < -0.3 is 9.84 Å². The molecule has 5 heteroatoms. The first kappa shape index (κ1) is 16.2. The first-order valence-corrected chi connectivity index (χ1v) is 8.14. The number of carboxylic acid groups (broad SMARTS) is 1. The summed E-state index contributed by atoms with van der Waals surface area (Å²) in [6.07, 6.45) is 0. The number of carboxylic acids is 1. The van der Waals surface area contributed by atoms with E-state index in [0.29, 0.717) is 5.02 Å². The molecule has 2 aromatic carbocycles. The molecule has 1 saturated carbocycles. The van der Waals surface area contributed by atoms with Gasteiger partial charge in [0, 0.05) is 22.7 Å². The third-order valence-electron chi connectivity index (χ3n) is 4.66. The van der Waals surface area contributed by atoms with E-state index in [-0.39, 0.29) is 17.7 Å². The van der Waals surface area contributed by atoms with Crippen molar-refractivity contribution in [3.05, 3.63) is 64.7 Å². The molecule has 120 valence electrons. The van der Waals surface area contributed by atoms with E-state index in [2.05, 4.69) is 0 Å². The van der Waals surface area contributed by atoms with Gasteiger partial charge in [0.15, 0.2) is 0 Å². The Morgan fingerprint density at radius 3 is 1.96 bits per heavy atom. The van der Waals surface area contributed by atoms with Crippen molar-refractivity contribution in [1.29, 1.82) is 0 Å². The highest BCUT2D eigenvalue weighted by molar-refractivity contribution is 6.30. The Hall–Kier alpha value is -1.71. The summed E-state index contributed by atoms with van der Waals surface area (Å²) >= 11 is 12.0. The molecule has 23 heavy (non-hydrogen) atoms. The molecule has 0 bridgehead atoms. The van der Waals surface area contributed by atoms with Crippen molar-refractivity contribution < 1.29 is 14.6 Å². The van der Waals surface area contributed by atoms with Crippen LogP contribution in [0.4, 0.5) is 0 Å². The average molecular weight is 351 g/mol. The number of carbonyl (C=O) groups is 1. The number of ether oxygens (including phenoxy) is 1. The normalized spacial score (nSPS) is 25.9. The van der Waals surface area contributed by atoms with Gasteiger partial charge in [-0.2, -0.15) is 0 Å². The third kappa shape index (κ3) is 2.58. The lowest BCUT2D eigenvalue weighted by Gasteiger charge is -2.09. The van der Waals surface area contributed by atoms with Crippen molar-refractivity contribution in [3.8, 4) is 5.75 Å². The first-order chi connectivity index (χ1) is 11.0. The van der Waals surface area contributed by atoms with Crippen molar-refractivity contribution in [2.45, 2.75) is 11.8 Å². The van der Waals surface area contributed by atoms with E-state index in [4.69, 9.17) is 27.9 Å². The van der Waals surface area contributed by atoms with E-state index in [9.17, 15) is 9.90 Å². The summed E-state index contributed by atoms with van der Waals surface area (Å²) in [5.41, 5.74) is 0.913. The number of aliphatic carboxylic acids is 1. The lowest BCUT2D eigenvalue weighted by molar-refractivity contribution is -0.142. The zero-order valence-electron chi connectivity index (χ0n) is 12.5. The van der Waals surface area contributed by atoms with E-state index in [1.54, 1.807) is 19.2 Å². The van der Waals surface area contributed by atoms with Crippen LogP contribution in [0.2, 0.25) is 5.02 Å². The van der Waals surface area contributed by atoms with Gasteiger partial charge in [0.1, 0.15) is 5.75 Å². The minimum Gasteiger partial charge on any atom is -0.497 e. The maximum atomic E-state index is 11.9. The SMILES string of the molecule is COc1ccc([C@H]2[C@H](c3ccc(Cl)cc3)[C@@]2(CCl)C(=O)O)cc1. The smallest absolute Gasteiger partial charge is 0.312 e. The van der Waals surface area contributed by atoms with Gasteiger partial charge in [-0.05, 0) is 35.4 Å². The molecule has 1 N–H and O–H groups in total. The lowest BCUT2D eigenvalue weighted by atomic mass is 10.00. The van der Waals surface area contributed by atoms with Crippen LogP contribution in [-0.2, 0) is 4.79 Å². The van der Waals surface area contributed by atoms with Gasteiger partial charge in [-0.3, -0.25) is 4.79 Å². The van der Waals surface area contributed by atoms with Crippen LogP contribution in [-0.4, -0.2) is 24.1 Å². The van der Waals surface area contributed by atoms with E-state index in [1.165, 1.54) is 0 Å². The Morgan fingerprint density at radius 1 is 1.09 bits per heavy atom. The zero-order valence-corrected chi connectivity index (χ0v) is 14.0. The number of halogens is 2. The molecular weight excluding hydrogens is 335 g/mol. The second-order valence-corrected chi connectivity index (χ2v) is 6.46. The van der Waals surface area contributed by atoms with Crippen LogP contribution >= 0.6 is 23.2 Å². The molecule has 0 amide bonds. The topological polar surface area (TPSA) is 46.5 Å². The molecule has 0 spiro atoms. The van der Waals surface area contributed by atoms with Gasteiger partial charge in [-0.25, -0.2) is 0 Å². The molecule has 0 aromatic heterocycles. The van der Waals surface area contributed by atoms with Crippen molar-refractivity contribution in [1.82, 2.24) is 0 Å². The average Bonchev–Trinajstić information content (AvgIpc) is 3.26. The van der Waals surface area contributed by atoms with Gasteiger partial charge in [0.25, 0.3) is 0 Å². The van der Waals surface area contributed by atoms with E-state index in [1.807, 2.05) is 36.4 Å². The van der Waals surface area contributed by atoms with Crippen LogP contribution in [0.1, 0.15) is 23.0 Å². The van der Waals surface area contributed by atoms with Gasteiger partial charge in [-0.15, -0.1) is 11.6 Å². The molecule has 2 aromatic rings.